The Morgan fingerprint density at radius 2 is 2.08 bits per heavy atom. The third-order valence-corrected chi connectivity index (χ3v) is 4.29. The van der Waals surface area contributed by atoms with Crippen LogP contribution in [0.5, 0.6) is 0 Å². The van der Waals surface area contributed by atoms with Crippen LogP contribution in [-0.4, -0.2) is 20.6 Å². The van der Waals surface area contributed by atoms with Gasteiger partial charge in [-0.1, -0.05) is 18.6 Å². The quantitative estimate of drug-likeness (QED) is 0.650. The molecule has 24 heavy (non-hydrogen) atoms. The molecule has 1 fully saturated rings. The summed E-state index contributed by atoms with van der Waals surface area (Å²) < 4.78 is 14.3. The van der Waals surface area contributed by atoms with E-state index in [1.165, 1.54) is 29.1 Å². The zero-order valence-corrected chi connectivity index (χ0v) is 12.9. The predicted octanol–water partition coefficient (Wildman–Crippen LogP) is 2.59. The van der Waals surface area contributed by atoms with E-state index in [9.17, 15) is 19.3 Å². The van der Waals surface area contributed by atoms with Crippen LogP contribution in [0.4, 0.5) is 10.2 Å². The summed E-state index contributed by atoms with van der Waals surface area (Å²) in [6.45, 7) is -0.0990. The second-order valence-corrected chi connectivity index (χ2v) is 5.92. The van der Waals surface area contributed by atoms with Crippen molar-refractivity contribution in [2.45, 2.75) is 31.8 Å². The van der Waals surface area contributed by atoms with Crippen molar-refractivity contribution in [2.24, 2.45) is 5.92 Å². The lowest BCUT2D eigenvalue weighted by molar-refractivity contribution is -0.389. The van der Waals surface area contributed by atoms with E-state index in [1.54, 1.807) is 12.1 Å². The number of nitro groups is 1. The van der Waals surface area contributed by atoms with Gasteiger partial charge in [0, 0.05) is 0 Å². The first-order chi connectivity index (χ1) is 11.5. The van der Waals surface area contributed by atoms with E-state index in [4.69, 9.17) is 0 Å². The molecule has 1 aliphatic carbocycles. The van der Waals surface area contributed by atoms with Crippen LogP contribution in [0.2, 0.25) is 0 Å². The van der Waals surface area contributed by atoms with Crippen LogP contribution in [0.1, 0.15) is 30.9 Å². The maximum atomic E-state index is 13.1. The molecule has 1 aromatic heterocycles. The molecule has 126 valence electrons. The molecule has 0 saturated heterocycles. The number of aromatic nitrogens is 2. The Bertz CT molecular complexity index is 740. The number of hydrogen-bond donors (Lipinski definition) is 1. The van der Waals surface area contributed by atoms with Crippen LogP contribution in [-0.2, 0) is 11.3 Å². The largest absolute Gasteiger partial charge is 0.389 e. The number of nitrogens with zero attached hydrogens (tertiary/aromatic N) is 3. The molecule has 7 nitrogen and oxygen atoms in total. The molecule has 0 spiro atoms. The third kappa shape index (κ3) is 3.58. The average Bonchev–Trinajstić information content (AvgIpc) is 2.94. The van der Waals surface area contributed by atoms with E-state index in [2.05, 4.69) is 10.4 Å². The smallest absolute Gasteiger partial charge is 0.358 e. The molecular formula is C16H17FN4O3. The number of hydrogen-bond acceptors (Lipinski definition) is 4. The van der Waals surface area contributed by atoms with E-state index >= 15 is 0 Å². The van der Waals surface area contributed by atoms with Crippen LogP contribution in [0.3, 0.4) is 0 Å². The number of amides is 1. The first kappa shape index (κ1) is 16.1. The van der Waals surface area contributed by atoms with Crippen molar-refractivity contribution in [3.63, 3.8) is 0 Å². The monoisotopic (exact) mass is 332 g/mol. The zero-order chi connectivity index (χ0) is 17.1. The maximum Gasteiger partial charge on any atom is 0.389 e. The van der Waals surface area contributed by atoms with Crippen LogP contribution >= 0.6 is 0 Å². The van der Waals surface area contributed by atoms with Gasteiger partial charge in [0.05, 0.1) is 23.4 Å². The van der Waals surface area contributed by atoms with Gasteiger partial charge >= 0.3 is 5.82 Å². The molecule has 1 saturated carbocycles. The van der Waals surface area contributed by atoms with Gasteiger partial charge in [-0.15, -0.1) is 0 Å². The summed E-state index contributed by atoms with van der Waals surface area (Å²) in [7, 11) is 0. The molecule has 1 atom stereocenters. The van der Waals surface area contributed by atoms with Crippen LogP contribution in [0, 0.1) is 21.8 Å². The molecule has 8 heteroatoms. The van der Waals surface area contributed by atoms with Crippen molar-refractivity contribution in [3.05, 3.63) is 58.0 Å². The van der Waals surface area contributed by atoms with Gasteiger partial charge in [0.2, 0.25) is 5.91 Å². The van der Waals surface area contributed by atoms with Crippen molar-refractivity contribution in [3.8, 4) is 0 Å². The summed E-state index contributed by atoms with van der Waals surface area (Å²) in [5.74, 6) is -0.571. The molecule has 1 aliphatic rings. The van der Waals surface area contributed by atoms with Crippen molar-refractivity contribution < 1.29 is 14.1 Å². The molecule has 1 amide bonds. The highest BCUT2D eigenvalue weighted by Gasteiger charge is 2.30. The number of benzene rings is 1. The Morgan fingerprint density at radius 1 is 1.38 bits per heavy atom. The lowest BCUT2D eigenvalue weighted by Crippen LogP contribution is -2.38. The second kappa shape index (κ2) is 6.77. The summed E-state index contributed by atoms with van der Waals surface area (Å²) >= 11 is 0. The lowest BCUT2D eigenvalue weighted by Gasteiger charge is -2.34. The number of halogens is 1. The summed E-state index contributed by atoms with van der Waals surface area (Å²) in [6, 6.07) is 7.18. The molecule has 1 heterocycles. The fourth-order valence-corrected chi connectivity index (χ4v) is 2.82. The highest BCUT2D eigenvalue weighted by atomic mass is 19.1. The van der Waals surface area contributed by atoms with Crippen molar-refractivity contribution in [2.75, 3.05) is 0 Å². The molecule has 3 rings (SSSR count). The highest BCUT2D eigenvalue weighted by molar-refractivity contribution is 5.76. The first-order valence-electron chi connectivity index (χ1n) is 7.75. The second-order valence-electron chi connectivity index (χ2n) is 5.92. The molecule has 0 bridgehead atoms. The molecule has 1 aromatic carbocycles. The fourth-order valence-electron chi connectivity index (χ4n) is 2.82. The molecule has 0 unspecified atom stereocenters. The normalized spacial score (nSPS) is 15.5. The predicted molar refractivity (Wildman–Crippen MR) is 83.5 cm³/mol. The van der Waals surface area contributed by atoms with E-state index in [-0.39, 0.29) is 30.1 Å². The van der Waals surface area contributed by atoms with Crippen molar-refractivity contribution in [1.82, 2.24) is 15.1 Å². The minimum atomic E-state index is -0.607. The van der Waals surface area contributed by atoms with E-state index < -0.39 is 4.92 Å². The standard InChI is InChI=1S/C16H17FN4O3/c17-13-6-4-12(5-7-13)16(11-2-1-3-11)18-15(22)10-20-9-8-14(19-20)21(23)24/h4-9,11,16H,1-3,10H2,(H,18,22)/t16-/m1/s1. The highest BCUT2D eigenvalue weighted by Crippen LogP contribution is 2.37. The lowest BCUT2D eigenvalue weighted by atomic mass is 9.77. The van der Waals surface area contributed by atoms with Crippen LogP contribution < -0.4 is 5.32 Å². The molecule has 0 radical (unpaired) electrons. The van der Waals surface area contributed by atoms with Gasteiger partial charge in [0.15, 0.2) is 0 Å². The zero-order valence-electron chi connectivity index (χ0n) is 12.9. The van der Waals surface area contributed by atoms with Crippen LogP contribution in [0.25, 0.3) is 0 Å². The topological polar surface area (TPSA) is 90.1 Å². The number of rotatable bonds is 6. The molecule has 1 N–H and O–H groups in total. The van der Waals surface area contributed by atoms with Crippen molar-refractivity contribution >= 4 is 11.7 Å². The number of carbonyl (C=O) groups is 1. The molecular weight excluding hydrogens is 315 g/mol. The van der Waals surface area contributed by atoms with Gasteiger partial charge < -0.3 is 15.4 Å². The number of nitrogens with one attached hydrogen (secondary N) is 1. The van der Waals surface area contributed by atoms with Gasteiger partial charge in [-0.3, -0.25) is 4.79 Å². The Balaban J connectivity index is 1.68. The van der Waals surface area contributed by atoms with E-state index in [0.717, 1.165) is 24.8 Å². The Kier molecular flexibility index (Phi) is 4.54. The van der Waals surface area contributed by atoms with Crippen molar-refractivity contribution in [1.29, 1.82) is 0 Å². The Hall–Kier alpha value is -2.77. The maximum absolute atomic E-state index is 13.1. The summed E-state index contributed by atoms with van der Waals surface area (Å²) in [5, 5.41) is 17.3. The van der Waals surface area contributed by atoms with Gasteiger partial charge in [0.25, 0.3) is 0 Å². The molecule has 0 aliphatic heterocycles. The minimum absolute atomic E-state index is 0.0990. The third-order valence-electron chi connectivity index (χ3n) is 4.29. The fraction of sp³-hybridized carbons (Fsp3) is 0.375. The molecule has 2 aromatic rings. The van der Waals surface area contributed by atoms with E-state index in [1.807, 2.05) is 0 Å². The Labute approximate surface area is 137 Å². The van der Waals surface area contributed by atoms with Gasteiger partial charge in [-0.25, -0.2) is 4.39 Å². The van der Waals surface area contributed by atoms with Crippen LogP contribution in [0.15, 0.2) is 36.5 Å². The van der Waals surface area contributed by atoms with E-state index in [0.29, 0.717) is 5.92 Å². The summed E-state index contributed by atoms with van der Waals surface area (Å²) in [6.07, 6.45) is 4.53. The minimum Gasteiger partial charge on any atom is -0.358 e. The SMILES string of the molecule is O=C(Cn1ccc([N+](=O)[O-])n1)N[C@@H](c1ccc(F)cc1)C1CCC1. The summed E-state index contributed by atoms with van der Waals surface area (Å²) in [5.41, 5.74) is 0.862. The number of carbonyl (C=O) groups excluding carboxylic acids is 1. The van der Waals surface area contributed by atoms with Gasteiger partial charge in [-0.2, -0.15) is 4.68 Å². The first-order valence-corrected chi connectivity index (χ1v) is 7.75. The van der Waals surface area contributed by atoms with Gasteiger partial charge in [-0.05, 0) is 41.4 Å². The Morgan fingerprint density at radius 3 is 2.62 bits per heavy atom. The average molecular weight is 332 g/mol. The van der Waals surface area contributed by atoms with Gasteiger partial charge in [0.1, 0.15) is 12.4 Å². The summed E-state index contributed by atoms with van der Waals surface area (Å²) in [4.78, 5) is 22.3.